The summed E-state index contributed by atoms with van der Waals surface area (Å²) in [6.07, 6.45) is 0. The lowest BCUT2D eigenvalue weighted by Gasteiger charge is -2.15. The Bertz CT molecular complexity index is 549. The number of hydrogen-bond donors (Lipinski definition) is 1. The van der Waals surface area contributed by atoms with Crippen molar-refractivity contribution in [3.8, 4) is 0 Å². The van der Waals surface area contributed by atoms with Crippen molar-refractivity contribution in [3.05, 3.63) is 52.2 Å². The molecule has 4 heteroatoms. The highest BCUT2D eigenvalue weighted by atomic mass is 32.1. The number of nitrogens with zero attached hydrogens (tertiary/aromatic N) is 1. The van der Waals surface area contributed by atoms with E-state index < -0.39 is 0 Å². The van der Waals surface area contributed by atoms with Gasteiger partial charge in [-0.2, -0.15) is 0 Å². The predicted octanol–water partition coefficient (Wildman–Crippen LogP) is 3.31. The largest absolute Gasteiger partial charge is 0.378 e. The van der Waals surface area contributed by atoms with Gasteiger partial charge in [-0.05, 0) is 36.6 Å². The average Bonchev–Trinajstić information content (AvgIpc) is 2.92. The average molecular weight is 274 g/mol. The molecular formula is C15H18N2OS. The number of benzene rings is 1. The molecule has 1 N–H and O–H groups in total. The van der Waals surface area contributed by atoms with Crippen LogP contribution < -0.4 is 10.2 Å². The third kappa shape index (κ3) is 3.35. The molecule has 0 fully saturated rings. The van der Waals surface area contributed by atoms with Gasteiger partial charge in [0.05, 0.1) is 6.04 Å². The van der Waals surface area contributed by atoms with Crippen molar-refractivity contribution in [2.75, 3.05) is 19.0 Å². The van der Waals surface area contributed by atoms with Gasteiger partial charge in [0.2, 0.25) is 0 Å². The molecule has 1 aromatic carbocycles. The van der Waals surface area contributed by atoms with Crippen LogP contribution in [0.25, 0.3) is 0 Å². The quantitative estimate of drug-likeness (QED) is 0.927. The van der Waals surface area contributed by atoms with E-state index in [1.54, 1.807) is 11.3 Å². The minimum atomic E-state index is -0.0374. The Morgan fingerprint density at radius 1 is 1.26 bits per heavy atom. The zero-order valence-corrected chi connectivity index (χ0v) is 12.2. The lowest BCUT2D eigenvalue weighted by atomic mass is 10.1. The van der Waals surface area contributed by atoms with Crippen LogP contribution in [0.4, 0.5) is 5.69 Å². The van der Waals surface area contributed by atoms with Crippen LogP contribution in [0.15, 0.2) is 41.8 Å². The van der Waals surface area contributed by atoms with E-state index in [0.717, 1.165) is 10.6 Å². The van der Waals surface area contributed by atoms with Crippen molar-refractivity contribution in [2.45, 2.75) is 13.0 Å². The third-order valence-electron chi connectivity index (χ3n) is 2.94. The first kappa shape index (κ1) is 13.6. The Morgan fingerprint density at radius 2 is 2.05 bits per heavy atom. The summed E-state index contributed by atoms with van der Waals surface area (Å²) < 4.78 is 0. The summed E-state index contributed by atoms with van der Waals surface area (Å²) >= 11 is 1.65. The SMILES string of the molecule is CC(NC(=O)c1cccc(N(C)C)c1)c1cccs1. The summed E-state index contributed by atoms with van der Waals surface area (Å²) in [6.45, 7) is 2.00. The minimum Gasteiger partial charge on any atom is -0.378 e. The molecule has 19 heavy (non-hydrogen) atoms. The topological polar surface area (TPSA) is 32.3 Å². The lowest BCUT2D eigenvalue weighted by Crippen LogP contribution is -2.26. The number of amides is 1. The standard InChI is InChI=1S/C15H18N2OS/c1-11(14-8-5-9-19-14)16-15(18)12-6-4-7-13(10-12)17(2)3/h4-11H,1-3H3,(H,16,18). The number of rotatable bonds is 4. The Kier molecular flexibility index (Phi) is 4.22. The van der Waals surface area contributed by atoms with Gasteiger partial charge in [0.25, 0.3) is 5.91 Å². The van der Waals surface area contributed by atoms with Crippen molar-refractivity contribution < 1.29 is 4.79 Å². The second-order valence-corrected chi connectivity index (χ2v) is 5.63. The fraction of sp³-hybridized carbons (Fsp3) is 0.267. The Labute approximate surface area is 117 Å². The number of thiophene rings is 1. The van der Waals surface area contributed by atoms with Gasteiger partial charge in [0.1, 0.15) is 0 Å². The number of anilines is 1. The number of nitrogens with one attached hydrogen (secondary N) is 1. The zero-order chi connectivity index (χ0) is 13.8. The normalized spacial score (nSPS) is 11.9. The summed E-state index contributed by atoms with van der Waals surface area (Å²) in [5, 5.41) is 5.04. The van der Waals surface area contributed by atoms with Crippen LogP contribution in [0.3, 0.4) is 0 Å². The van der Waals surface area contributed by atoms with E-state index in [1.165, 1.54) is 0 Å². The van der Waals surface area contributed by atoms with Gasteiger partial charge in [-0.1, -0.05) is 12.1 Å². The lowest BCUT2D eigenvalue weighted by molar-refractivity contribution is 0.0940. The molecule has 0 spiro atoms. The second-order valence-electron chi connectivity index (χ2n) is 4.66. The van der Waals surface area contributed by atoms with Crippen LogP contribution in [-0.4, -0.2) is 20.0 Å². The first-order valence-corrected chi connectivity index (χ1v) is 7.07. The van der Waals surface area contributed by atoms with E-state index in [1.807, 2.05) is 67.7 Å². The molecule has 1 unspecified atom stereocenters. The molecule has 2 rings (SSSR count). The Hall–Kier alpha value is -1.81. The highest BCUT2D eigenvalue weighted by Crippen LogP contribution is 2.19. The van der Waals surface area contributed by atoms with Crippen molar-refractivity contribution in [1.29, 1.82) is 0 Å². The van der Waals surface area contributed by atoms with E-state index in [9.17, 15) is 4.79 Å². The van der Waals surface area contributed by atoms with Crippen LogP contribution in [0.2, 0.25) is 0 Å². The maximum Gasteiger partial charge on any atom is 0.251 e. The molecule has 1 atom stereocenters. The van der Waals surface area contributed by atoms with Gasteiger partial charge in [0, 0.05) is 30.2 Å². The molecule has 100 valence electrons. The van der Waals surface area contributed by atoms with Gasteiger partial charge < -0.3 is 10.2 Å². The third-order valence-corrected chi connectivity index (χ3v) is 4.00. The molecule has 1 aromatic heterocycles. The monoisotopic (exact) mass is 274 g/mol. The van der Waals surface area contributed by atoms with Crippen molar-refractivity contribution in [2.24, 2.45) is 0 Å². The molecule has 0 aliphatic rings. The summed E-state index contributed by atoms with van der Waals surface area (Å²) in [7, 11) is 3.93. The van der Waals surface area contributed by atoms with Gasteiger partial charge in [-0.25, -0.2) is 0 Å². The maximum atomic E-state index is 12.2. The van der Waals surface area contributed by atoms with Gasteiger partial charge in [0.15, 0.2) is 0 Å². The van der Waals surface area contributed by atoms with E-state index in [-0.39, 0.29) is 11.9 Å². The molecule has 3 nitrogen and oxygen atoms in total. The summed E-state index contributed by atoms with van der Waals surface area (Å²) in [4.78, 5) is 15.3. The first-order valence-electron chi connectivity index (χ1n) is 6.19. The zero-order valence-electron chi connectivity index (χ0n) is 11.4. The van der Waals surface area contributed by atoms with E-state index in [0.29, 0.717) is 5.56 Å². The maximum absolute atomic E-state index is 12.2. The first-order chi connectivity index (χ1) is 9.08. The van der Waals surface area contributed by atoms with Crippen molar-refractivity contribution in [1.82, 2.24) is 5.32 Å². The summed E-state index contributed by atoms with van der Waals surface area (Å²) in [5.74, 6) is -0.0374. The highest BCUT2D eigenvalue weighted by molar-refractivity contribution is 7.10. The van der Waals surface area contributed by atoms with Crippen LogP contribution in [0, 0.1) is 0 Å². The molecule has 0 aliphatic heterocycles. The smallest absolute Gasteiger partial charge is 0.251 e. The van der Waals surface area contributed by atoms with Gasteiger partial charge >= 0.3 is 0 Å². The molecule has 0 saturated carbocycles. The minimum absolute atomic E-state index is 0.0374. The molecular weight excluding hydrogens is 256 g/mol. The Balaban J connectivity index is 2.10. The second kappa shape index (κ2) is 5.89. The summed E-state index contributed by atoms with van der Waals surface area (Å²) in [5.41, 5.74) is 1.71. The van der Waals surface area contributed by atoms with Crippen LogP contribution in [0.5, 0.6) is 0 Å². The fourth-order valence-corrected chi connectivity index (χ4v) is 2.55. The molecule has 1 amide bonds. The fourth-order valence-electron chi connectivity index (χ4n) is 1.81. The van der Waals surface area contributed by atoms with Crippen LogP contribution in [-0.2, 0) is 0 Å². The molecule has 0 bridgehead atoms. The predicted molar refractivity (Wildman–Crippen MR) is 81.0 cm³/mol. The molecule has 0 radical (unpaired) electrons. The number of hydrogen-bond acceptors (Lipinski definition) is 3. The highest BCUT2D eigenvalue weighted by Gasteiger charge is 2.12. The van der Waals surface area contributed by atoms with E-state index >= 15 is 0 Å². The Morgan fingerprint density at radius 3 is 2.68 bits per heavy atom. The number of carbonyl (C=O) groups is 1. The van der Waals surface area contributed by atoms with Gasteiger partial charge in [-0.3, -0.25) is 4.79 Å². The summed E-state index contributed by atoms with van der Waals surface area (Å²) in [6, 6.07) is 11.7. The molecule has 0 aliphatic carbocycles. The van der Waals surface area contributed by atoms with Crippen LogP contribution in [0.1, 0.15) is 28.2 Å². The van der Waals surface area contributed by atoms with Crippen molar-refractivity contribution in [3.63, 3.8) is 0 Å². The van der Waals surface area contributed by atoms with Crippen LogP contribution >= 0.6 is 11.3 Å². The van der Waals surface area contributed by atoms with Gasteiger partial charge in [-0.15, -0.1) is 11.3 Å². The number of carbonyl (C=O) groups excluding carboxylic acids is 1. The van der Waals surface area contributed by atoms with E-state index in [4.69, 9.17) is 0 Å². The van der Waals surface area contributed by atoms with Crippen molar-refractivity contribution >= 4 is 22.9 Å². The molecule has 0 saturated heterocycles. The van der Waals surface area contributed by atoms with E-state index in [2.05, 4.69) is 5.32 Å². The molecule has 1 heterocycles. The molecule has 2 aromatic rings.